The van der Waals surface area contributed by atoms with Gasteiger partial charge in [0.05, 0.1) is 6.61 Å². The summed E-state index contributed by atoms with van der Waals surface area (Å²) >= 11 is 0. The summed E-state index contributed by atoms with van der Waals surface area (Å²) < 4.78 is 16.1. The van der Waals surface area contributed by atoms with E-state index in [0.29, 0.717) is 26.4 Å². The van der Waals surface area contributed by atoms with Gasteiger partial charge in [-0.2, -0.15) is 0 Å². The van der Waals surface area contributed by atoms with Gasteiger partial charge in [-0.15, -0.1) is 0 Å². The van der Waals surface area contributed by atoms with Crippen LogP contribution < -0.4 is 0 Å². The number of hydrogen-bond donors (Lipinski definition) is 0. The van der Waals surface area contributed by atoms with Crippen LogP contribution >= 0.6 is 0 Å². The molecule has 0 amide bonds. The van der Waals surface area contributed by atoms with E-state index in [2.05, 4.69) is 6.08 Å². The van der Waals surface area contributed by atoms with Crippen molar-refractivity contribution in [3.63, 3.8) is 0 Å². The van der Waals surface area contributed by atoms with Crippen molar-refractivity contribution in [1.29, 1.82) is 0 Å². The predicted molar refractivity (Wildman–Crippen MR) is 43.5 cm³/mol. The zero-order valence-electron chi connectivity index (χ0n) is 6.91. The molecular weight excluding hydrogens is 156 g/mol. The van der Waals surface area contributed by atoms with E-state index in [0.717, 1.165) is 17.9 Å². The van der Waals surface area contributed by atoms with Crippen molar-refractivity contribution >= 4 is 0 Å². The molecule has 0 radical (unpaired) electrons. The molecule has 0 aromatic rings. The van der Waals surface area contributed by atoms with Crippen LogP contribution in [0.3, 0.4) is 0 Å². The minimum Gasteiger partial charge on any atom is -0.490 e. The van der Waals surface area contributed by atoms with Gasteiger partial charge in [-0.05, 0) is 0 Å². The van der Waals surface area contributed by atoms with E-state index in [9.17, 15) is 0 Å². The highest BCUT2D eigenvalue weighted by molar-refractivity contribution is 5.11. The predicted octanol–water partition coefficient (Wildman–Crippen LogP) is 1.22. The second-order valence-electron chi connectivity index (χ2n) is 2.73. The van der Waals surface area contributed by atoms with Crippen LogP contribution in [0.2, 0.25) is 0 Å². The fraction of sp³-hybridized carbons (Fsp3) is 0.556. The normalized spacial score (nSPS) is 29.3. The maximum atomic E-state index is 5.41. The summed E-state index contributed by atoms with van der Waals surface area (Å²) in [5.74, 6) is 1.79. The largest absolute Gasteiger partial charge is 0.490 e. The molecule has 0 saturated carbocycles. The molecule has 0 aromatic heterocycles. The third-order valence-corrected chi connectivity index (χ3v) is 1.87. The van der Waals surface area contributed by atoms with Crippen LogP contribution in [-0.4, -0.2) is 26.4 Å². The van der Waals surface area contributed by atoms with Gasteiger partial charge in [0.15, 0.2) is 5.76 Å². The Morgan fingerprint density at radius 2 is 2.00 bits per heavy atom. The fourth-order valence-corrected chi connectivity index (χ4v) is 1.25. The Morgan fingerprint density at radius 3 is 2.67 bits per heavy atom. The molecule has 0 atom stereocenters. The van der Waals surface area contributed by atoms with Gasteiger partial charge in [-0.3, -0.25) is 0 Å². The maximum absolute atomic E-state index is 5.41. The number of rotatable bonds is 0. The van der Waals surface area contributed by atoms with E-state index in [-0.39, 0.29) is 0 Å². The lowest BCUT2D eigenvalue weighted by atomic mass is 10.2. The quantitative estimate of drug-likeness (QED) is 0.509. The van der Waals surface area contributed by atoms with E-state index < -0.39 is 0 Å². The molecule has 3 nitrogen and oxygen atoms in total. The highest BCUT2D eigenvalue weighted by Gasteiger charge is 2.14. The standard InChI is InChI=1S/C9H12O3/c1-2-4-11-8(3-1)9-7-10-5-6-12-9/h1-2H,3-7H2/b9-8+. The summed E-state index contributed by atoms with van der Waals surface area (Å²) in [6.45, 7) is 2.55. The fourth-order valence-electron chi connectivity index (χ4n) is 1.25. The van der Waals surface area contributed by atoms with Gasteiger partial charge in [0.25, 0.3) is 0 Å². The average molecular weight is 168 g/mol. The molecule has 2 heterocycles. The third-order valence-electron chi connectivity index (χ3n) is 1.87. The molecule has 0 spiro atoms. The first-order valence-corrected chi connectivity index (χ1v) is 4.17. The zero-order chi connectivity index (χ0) is 8.23. The first kappa shape index (κ1) is 7.68. The molecule has 2 rings (SSSR count). The van der Waals surface area contributed by atoms with Crippen LogP contribution in [0.25, 0.3) is 0 Å². The van der Waals surface area contributed by atoms with Crippen molar-refractivity contribution in [2.75, 3.05) is 26.4 Å². The van der Waals surface area contributed by atoms with Gasteiger partial charge in [0, 0.05) is 6.42 Å². The Morgan fingerprint density at radius 1 is 1.00 bits per heavy atom. The molecule has 0 bridgehead atoms. The van der Waals surface area contributed by atoms with E-state index >= 15 is 0 Å². The summed E-state index contributed by atoms with van der Waals surface area (Å²) in [7, 11) is 0. The van der Waals surface area contributed by atoms with Crippen LogP contribution in [0.4, 0.5) is 0 Å². The topological polar surface area (TPSA) is 27.7 Å². The lowest BCUT2D eigenvalue weighted by Crippen LogP contribution is -2.18. The van der Waals surface area contributed by atoms with Crippen LogP contribution in [0.1, 0.15) is 6.42 Å². The number of allylic oxidation sites excluding steroid dienone is 1. The summed E-state index contributed by atoms with van der Waals surface area (Å²) in [5.41, 5.74) is 0. The van der Waals surface area contributed by atoms with Gasteiger partial charge in [-0.1, -0.05) is 12.2 Å². The van der Waals surface area contributed by atoms with Crippen LogP contribution in [-0.2, 0) is 14.2 Å². The molecule has 0 N–H and O–H groups in total. The van der Waals surface area contributed by atoms with Crippen molar-refractivity contribution in [2.45, 2.75) is 6.42 Å². The Kier molecular flexibility index (Phi) is 2.32. The number of ether oxygens (including phenoxy) is 3. The molecule has 1 fully saturated rings. The lowest BCUT2D eigenvalue weighted by molar-refractivity contribution is 0.00250. The monoisotopic (exact) mass is 168 g/mol. The van der Waals surface area contributed by atoms with E-state index in [1.54, 1.807) is 0 Å². The van der Waals surface area contributed by atoms with E-state index in [1.807, 2.05) is 6.08 Å². The van der Waals surface area contributed by atoms with Crippen LogP contribution in [0.15, 0.2) is 23.7 Å². The summed E-state index contributed by atoms with van der Waals surface area (Å²) in [5, 5.41) is 0. The summed E-state index contributed by atoms with van der Waals surface area (Å²) in [6.07, 6.45) is 4.93. The Labute approximate surface area is 71.6 Å². The van der Waals surface area contributed by atoms with Crippen LogP contribution in [0, 0.1) is 0 Å². The minimum atomic E-state index is 0.559. The van der Waals surface area contributed by atoms with Crippen molar-refractivity contribution in [1.82, 2.24) is 0 Å². The maximum Gasteiger partial charge on any atom is 0.160 e. The minimum absolute atomic E-state index is 0.559. The van der Waals surface area contributed by atoms with Crippen molar-refractivity contribution < 1.29 is 14.2 Å². The van der Waals surface area contributed by atoms with Crippen molar-refractivity contribution in [3.8, 4) is 0 Å². The van der Waals surface area contributed by atoms with Gasteiger partial charge in [0.1, 0.15) is 25.6 Å². The van der Waals surface area contributed by atoms with E-state index in [1.165, 1.54) is 0 Å². The molecule has 0 unspecified atom stereocenters. The zero-order valence-corrected chi connectivity index (χ0v) is 6.91. The average Bonchev–Trinajstić information content (AvgIpc) is 2.21. The van der Waals surface area contributed by atoms with Gasteiger partial charge < -0.3 is 14.2 Å². The molecule has 66 valence electrons. The van der Waals surface area contributed by atoms with Crippen LogP contribution in [0.5, 0.6) is 0 Å². The van der Waals surface area contributed by atoms with Crippen molar-refractivity contribution in [3.05, 3.63) is 23.7 Å². The van der Waals surface area contributed by atoms with Gasteiger partial charge in [-0.25, -0.2) is 0 Å². The first-order valence-electron chi connectivity index (χ1n) is 4.17. The molecule has 3 heteroatoms. The molecule has 1 saturated heterocycles. The summed E-state index contributed by atoms with van der Waals surface area (Å²) in [6, 6.07) is 0. The second kappa shape index (κ2) is 3.63. The first-order chi connectivity index (χ1) is 5.97. The highest BCUT2D eigenvalue weighted by Crippen LogP contribution is 2.18. The smallest absolute Gasteiger partial charge is 0.160 e. The third kappa shape index (κ3) is 1.61. The molecule has 0 aliphatic carbocycles. The second-order valence-corrected chi connectivity index (χ2v) is 2.73. The Bertz CT molecular complexity index is 210. The SMILES string of the molecule is C1=CC/C(=C2/COCCO2)OC1. The Hall–Kier alpha value is -0.960. The van der Waals surface area contributed by atoms with Gasteiger partial charge in [0.2, 0.25) is 0 Å². The highest BCUT2D eigenvalue weighted by atomic mass is 16.6. The Balaban J connectivity index is 2.06. The van der Waals surface area contributed by atoms with E-state index in [4.69, 9.17) is 14.2 Å². The summed E-state index contributed by atoms with van der Waals surface area (Å²) in [4.78, 5) is 0. The lowest BCUT2D eigenvalue weighted by Gasteiger charge is -2.21. The van der Waals surface area contributed by atoms with Crippen molar-refractivity contribution in [2.24, 2.45) is 0 Å². The number of hydrogen-bond acceptors (Lipinski definition) is 3. The molecule has 0 aromatic carbocycles. The van der Waals surface area contributed by atoms with Gasteiger partial charge >= 0.3 is 0 Å². The molecule has 2 aliphatic heterocycles. The molecular formula is C9H12O3. The molecule has 2 aliphatic rings. The molecule has 12 heavy (non-hydrogen) atoms.